The Bertz CT molecular complexity index is 1830. The highest BCUT2D eigenvalue weighted by Gasteiger charge is 2.17. The van der Waals surface area contributed by atoms with Crippen molar-refractivity contribution in [2.75, 3.05) is 23.8 Å². The molecular weight excluding hydrogens is 508 g/mol. The molecule has 0 atom stereocenters. The van der Waals surface area contributed by atoms with Crippen LogP contribution in [0.5, 0.6) is 11.5 Å². The number of carbonyl (C=O) groups excluding carboxylic acids is 1. The summed E-state index contributed by atoms with van der Waals surface area (Å²) in [5.41, 5.74) is 5.13. The molecule has 2 aromatic carbocycles. The number of carbonyl (C=O) groups is 1. The fraction of sp³-hybridized carbons (Fsp3) is 0.167. The van der Waals surface area contributed by atoms with Crippen molar-refractivity contribution in [3.63, 3.8) is 0 Å². The number of amides is 1. The molecule has 5 aromatic rings. The van der Waals surface area contributed by atoms with E-state index in [1.165, 1.54) is 0 Å². The van der Waals surface area contributed by atoms with Crippen molar-refractivity contribution in [3.05, 3.63) is 94.2 Å². The summed E-state index contributed by atoms with van der Waals surface area (Å²) >= 11 is 0. The van der Waals surface area contributed by atoms with Gasteiger partial charge in [-0.25, -0.2) is 9.97 Å². The average molecular weight is 535 g/mol. The van der Waals surface area contributed by atoms with E-state index < -0.39 is 0 Å². The van der Waals surface area contributed by atoms with Gasteiger partial charge in [-0.15, -0.1) is 0 Å². The average Bonchev–Trinajstić information content (AvgIpc) is 2.97. The van der Waals surface area contributed by atoms with Crippen molar-refractivity contribution in [2.45, 2.75) is 13.8 Å². The maximum absolute atomic E-state index is 13.4. The molecule has 1 aliphatic heterocycles. The van der Waals surface area contributed by atoms with Crippen LogP contribution in [0.25, 0.3) is 22.2 Å². The van der Waals surface area contributed by atoms with Gasteiger partial charge < -0.3 is 24.7 Å². The van der Waals surface area contributed by atoms with Crippen LogP contribution in [0.1, 0.15) is 21.6 Å². The van der Waals surface area contributed by atoms with Crippen LogP contribution in [0.4, 0.5) is 17.3 Å². The molecule has 0 saturated carbocycles. The number of pyridine rings is 2. The van der Waals surface area contributed by atoms with Crippen molar-refractivity contribution in [1.29, 1.82) is 0 Å². The molecule has 0 saturated heterocycles. The lowest BCUT2D eigenvalue weighted by atomic mass is 10.0. The molecule has 0 fully saturated rings. The van der Waals surface area contributed by atoms with Gasteiger partial charge in [-0.2, -0.15) is 0 Å². The molecule has 2 N–H and O–H groups in total. The van der Waals surface area contributed by atoms with Crippen LogP contribution in [-0.4, -0.2) is 38.6 Å². The predicted octanol–water partition coefficient (Wildman–Crippen LogP) is 4.77. The molecule has 10 heteroatoms. The van der Waals surface area contributed by atoms with Crippen molar-refractivity contribution in [1.82, 2.24) is 19.5 Å². The lowest BCUT2D eigenvalue weighted by molar-refractivity contribution is 0.102. The second kappa shape index (κ2) is 10.1. The van der Waals surface area contributed by atoms with Gasteiger partial charge in [0.15, 0.2) is 11.5 Å². The summed E-state index contributed by atoms with van der Waals surface area (Å²) in [4.78, 5) is 39.5. The van der Waals surface area contributed by atoms with Crippen LogP contribution in [0.2, 0.25) is 0 Å². The molecule has 1 amide bonds. The third kappa shape index (κ3) is 4.82. The van der Waals surface area contributed by atoms with Crippen LogP contribution in [0, 0.1) is 13.8 Å². The van der Waals surface area contributed by atoms with E-state index in [1.54, 1.807) is 42.2 Å². The highest BCUT2D eigenvalue weighted by molar-refractivity contribution is 6.05. The monoisotopic (exact) mass is 534 g/mol. The Kier molecular flexibility index (Phi) is 6.35. The summed E-state index contributed by atoms with van der Waals surface area (Å²) in [6.45, 7) is 4.78. The minimum absolute atomic E-state index is 0.259. The standard InChI is InChI=1S/C30H26N6O4/c1-17-4-7-21(33-28(37)19-6-9-25-26(13-19)40-11-10-39-25)14-23(17)24-12-20-15-32-30(35-27(20)29(38)36(24)3)34-22-8-5-18(2)31-16-22/h4-9,12-16H,10-11H2,1-3H3,(H,33,37)(H,32,34,35). The number of nitrogens with one attached hydrogen (secondary N) is 2. The van der Waals surface area contributed by atoms with Crippen LogP contribution in [0.3, 0.4) is 0 Å². The topological polar surface area (TPSA) is 120 Å². The molecule has 200 valence electrons. The fourth-order valence-corrected chi connectivity index (χ4v) is 4.53. The summed E-state index contributed by atoms with van der Waals surface area (Å²) in [7, 11) is 1.70. The summed E-state index contributed by atoms with van der Waals surface area (Å²) in [6, 6.07) is 16.3. The lowest BCUT2D eigenvalue weighted by Crippen LogP contribution is -2.20. The van der Waals surface area contributed by atoms with Gasteiger partial charge in [-0.3, -0.25) is 14.6 Å². The van der Waals surface area contributed by atoms with Gasteiger partial charge in [0.25, 0.3) is 11.5 Å². The van der Waals surface area contributed by atoms with E-state index in [2.05, 4.69) is 25.6 Å². The Morgan fingerprint density at radius 2 is 1.70 bits per heavy atom. The van der Waals surface area contributed by atoms with Gasteiger partial charge in [0.05, 0.1) is 17.6 Å². The first kappa shape index (κ1) is 25.1. The molecule has 3 aromatic heterocycles. The van der Waals surface area contributed by atoms with E-state index in [-0.39, 0.29) is 11.5 Å². The Morgan fingerprint density at radius 3 is 2.50 bits per heavy atom. The Labute approximate surface area is 229 Å². The highest BCUT2D eigenvalue weighted by Crippen LogP contribution is 2.32. The van der Waals surface area contributed by atoms with Crippen molar-refractivity contribution < 1.29 is 14.3 Å². The first-order chi connectivity index (χ1) is 19.4. The van der Waals surface area contributed by atoms with Crippen LogP contribution >= 0.6 is 0 Å². The zero-order valence-electron chi connectivity index (χ0n) is 22.2. The fourth-order valence-electron chi connectivity index (χ4n) is 4.53. The number of aryl methyl sites for hydroxylation is 2. The number of hydrogen-bond acceptors (Lipinski definition) is 8. The molecule has 0 bridgehead atoms. The van der Waals surface area contributed by atoms with E-state index in [4.69, 9.17) is 9.47 Å². The summed E-state index contributed by atoms with van der Waals surface area (Å²) < 4.78 is 12.7. The summed E-state index contributed by atoms with van der Waals surface area (Å²) in [6.07, 6.45) is 3.31. The largest absolute Gasteiger partial charge is 0.486 e. The number of fused-ring (bicyclic) bond motifs is 2. The van der Waals surface area contributed by atoms with E-state index in [0.29, 0.717) is 58.5 Å². The molecule has 0 radical (unpaired) electrons. The quantitative estimate of drug-likeness (QED) is 0.331. The van der Waals surface area contributed by atoms with Crippen molar-refractivity contribution in [3.8, 4) is 22.8 Å². The van der Waals surface area contributed by atoms with Gasteiger partial charge in [0.2, 0.25) is 5.95 Å². The SMILES string of the molecule is Cc1ccc(Nc2ncc3cc(-c4cc(NC(=O)c5ccc6c(c5)OCCO6)ccc4C)n(C)c(=O)c3n2)cn1. The zero-order chi connectivity index (χ0) is 27.8. The zero-order valence-corrected chi connectivity index (χ0v) is 22.2. The second-order valence-electron chi connectivity index (χ2n) is 9.55. The predicted molar refractivity (Wildman–Crippen MR) is 153 cm³/mol. The Hall–Kier alpha value is -5.25. The van der Waals surface area contributed by atoms with Crippen LogP contribution < -0.4 is 25.7 Å². The highest BCUT2D eigenvalue weighted by atomic mass is 16.6. The summed E-state index contributed by atoms with van der Waals surface area (Å²) in [5.74, 6) is 1.20. The number of benzene rings is 2. The molecule has 0 spiro atoms. The molecule has 0 unspecified atom stereocenters. The van der Waals surface area contributed by atoms with Gasteiger partial charge >= 0.3 is 0 Å². The number of nitrogens with zero attached hydrogens (tertiary/aromatic N) is 4. The van der Waals surface area contributed by atoms with Crippen LogP contribution in [-0.2, 0) is 7.05 Å². The smallest absolute Gasteiger partial charge is 0.277 e. The molecule has 6 rings (SSSR count). The van der Waals surface area contributed by atoms with Gasteiger partial charge in [0.1, 0.15) is 18.7 Å². The van der Waals surface area contributed by atoms with Gasteiger partial charge in [0, 0.05) is 41.1 Å². The molecule has 40 heavy (non-hydrogen) atoms. The van der Waals surface area contributed by atoms with Gasteiger partial charge in [-0.1, -0.05) is 6.07 Å². The van der Waals surface area contributed by atoms with Gasteiger partial charge in [-0.05, 0) is 67.9 Å². The number of ether oxygens (including phenoxy) is 2. The number of rotatable bonds is 5. The number of anilines is 3. The Morgan fingerprint density at radius 1 is 0.900 bits per heavy atom. The third-order valence-corrected chi connectivity index (χ3v) is 6.72. The minimum atomic E-state index is -0.281. The normalized spacial score (nSPS) is 12.3. The van der Waals surface area contributed by atoms with E-state index in [0.717, 1.165) is 22.5 Å². The van der Waals surface area contributed by atoms with Crippen molar-refractivity contribution >= 4 is 34.1 Å². The molecule has 10 nitrogen and oxygen atoms in total. The maximum Gasteiger partial charge on any atom is 0.277 e. The molecular formula is C30H26N6O4. The third-order valence-electron chi connectivity index (χ3n) is 6.72. The second-order valence-corrected chi connectivity index (χ2v) is 9.55. The maximum atomic E-state index is 13.4. The van der Waals surface area contributed by atoms with Crippen molar-refractivity contribution in [2.24, 2.45) is 7.05 Å². The van der Waals surface area contributed by atoms with E-state index in [9.17, 15) is 9.59 Å². The molecule has 0 aliphatic carbocycles. The van der Waals surface area contributed by atoms with E-state index >= 15 is 0 Å². The summed E-state index contributed by atoms with van der Waals surface area (Å²) in [5, 5.41) is 6.65. The van der Waals surface area contributed by atoms with E-state index in [1.807, 2.05) is 50.2 Å². The molecule has 1 aliphatic rings. The minimum Gasteiger partial charge on any atom is -0.486 e. The lowest BCUT2D eigenvalue weighted by Gasteiger charge is -2.19. The first-order valence-corrected chi connectivity index (χ1v) is 12.7. The Balaban J connectivity index is 1.30. The van der Waals surface area contributed by atoms with Crippen LogP contribution in [0.15, 0.2) is 71.8 Å². The first-order valence-electron chi connectivity index (χ1n) is 12.7. The number of hydrogen-bond donors (Lipinski definition) is 2. The molecule has 4 heterocycles. The number of aromatic nitrogens is 4.